The Bertz CT molecular complexity index is 1350. The predicted molar refractivity (Wildman–Crippen MR) is 160 cm³/mol. The van der Waals surface area contributed by atoms with Crippen LogP contribution >= 0.6 is 11.6 Å². The zero-order valence-electron chi connectivity index (χ0n) is 24.1. The summed E-state index contributed by atoms with van der Waals surface area (Å²) in [5.41, 5.74) is 3.27. The smallest absolute Gasteiger partial charge is 0.331 e. The van der Waals surface area contributed by atoms with Crippen LogP contribution in [0.25, 0.3) is 0 Å². The Morgan fingerprint density at radius 1 is 1.05 bits per heavy atom. The highest BCUT2D eigenvalue weighted by atomic mass is 35.5. The number of anilines is 1. The molecule has 0 radical (unpaired) electrons. The van der Waals surface area contributed by atoms with E-state index in [1.54, 1.807) is 19.2 Å². The Morgan fingerprint density at radius 2 is 1.80 bits per heavy atom. The highest BCUT2D eigenvalue weighted by molar-refractivity contribution is 6.30. The first-order chi connectivity index (χ1) is 19.8. The number of halogens is 2. The van der Waals surface area contributed by atoms with Crippen LogP contribution in [0.4, 0.5) is 10.1 Å². The maximum absolute atomic E-state index is 14.3. The van der Waals surface area contributed by atoms with Crippen LogP contribution in [0.1, 0.15) is 55.7 Å². The Balaban J connectivity index is 1.31. The van der Waals surface area contributed by atoms with Gasteiger partial charge in [0.05, 0.1) is 20.8 Å². The number of benzene rings is 3. The summed E-state index contributed by atoms with van der Waals surface area (Å²) in [5.74, 6) is 1.03. The second-order valence-electron chi connectivity index (χ2n) is 11.8. The number of rotatable bonds is 10. The van der Waals surface area contributed by atoms with Gasteiger partial charge in [0.25, 0.3) is 0 Å². The fraction of sp³-hybridized carbons (Fsp3) is 0.441. The number of fused-ring (bicyclic) bond motifs is 2. The molecule has 218 valence electrons. The summed E-state index contributed by atoms with van der Waals surface area (Å²) in [4.78, 5) is 13.2. The number of methoxy groups -OCH3 is 2. The molecule has 0 heterocycles. The van der Waals surface area contributed by atoms with Gasteiger partial charge < -0.3 is 19.5 Å². The molecule has 0 amide bonds. The first-order valence-electron chi connectivity index (χ1n) is 14.4. The Kier molecular flexibility index (Phi) is 8.91. The molecule has 0 saturated heterocycles. The van der Waals surface area contributed by atoms with Crippen LogP contribution in [0.3, 0.4) is 0 Å². The van der Waals surface area contributed by atoms with Crippen molar-refractivity contribution in [3.8, 4) is 5.75 Å². The van der Waals surface area contributed by atoms with Crippen molar-refractivity contribution in [2.75, 3.05) is 26.1 Å². The van der Waals surface area contributed by atoms with E-state index in [1.807, 2.05) is 54.6 Å². The third-order valence-corrected chi connectivity index (χ3v) is 9.38. The molecule has 0 bridgehead atoms. The van der Waals surface area contributed by atoms with E-state index >= 15 is 0 Å². The molecular weight excluding hydrogens is 541 g/mol. The third-order valence-electron chi connectivity index (χ3n) is 9.15. The van der Waals surface area contributed by atoms with Crippen LogP contribution in [-0.4, -0.2) is 32.3 Å². The van der Waals surface area contributed by atoms with E-state index in [0.717, 1.165) is 48.2 Å². The topological polar surface area (TPSA) is 56.8 Å². The Hall–Kier alpha value is -3.09. The summed E-state index contributed by atoms with van der Waals surface area (Å²) in [6.45, 7) is 3.42. The van der Waals surface area contributed by atoms with Crippen LogP contribution in [0.15, 0.2) is 66.7 Å². The first-order valence-corrected chi connectivity index (χ1v) is 14.8. The molecule has 2 atom stereocenters. The minimum Gasteiger partial charge on any atom is -0.497 e. The standard InChI is InChI=1S/C34H39ClFNO4/c1-23(21-41-22-24-7-10-30(39-2)11-8-24)17-26-18-25-19-28(36)9-12-31(25)33(26)13-15-34(16-14-33,32(38)40-3)37-29-6-4-5-27(35)20-29/h4-12,19-20,23,26,37H,13-18,21-22H2,1-3H3/t23-,26?,33?,34?/m1/s1. The summed E-state index contributed by atoms with van der Waals surface area (Å²) in [6, 6.07) is 20.6. The average Bonchev–Trinajstić information content (AvgIpc) is 3.25. The van der Waals surface area contributed by atoms with Crippen LogP contribution in [0.2, 0.25) is 5.02 Å². The minimum absolute atomic E-state index is 0.124. The molecule has 3 aromatic carbocycles. The molecule has 0 aromatic heterocycles. The van der Waals surface area contributed by atoms with E-state index in [9.17, 15) is 9.18 Å². The van der Waals surface area contributed by atoms with Gasteiger partial charge >= 0.3 is 5.97 Å². The van der Waals surface area contributed by atoms with Crippen LogP contribution in [0, 0.1) is 17.7 Å². The molecular formula is C34H39ClFNO4. The molecule has 7 heteroatoms. The number of esters is 1. The largest absolute Gasteiger partial charge is 0.497 e. The average molecular weight is 580 g/mol. The maximum Gasteiger partial charge on any atom is 0.331 e. The van der Waals surface area contributed by atoms with Crippen molar-refractivity contribution in [1.29, 1.82) is 0 Å². The fourth-order valence-electron chi connectivity index (χ4n) is 7.08. The van der Waals surface area contributed by atoms with E-state index in [4.69, 9.17) is 25.8 Å². The molecule has 5 nitrogen and oxygen atoms in total. The number of carbonyl (C=O) groups is 1. The van der Waals surface area contributed by atoms with Crippen molar-refractivity contribution < 1.29 is 23.4 Å². The molecule has 1 fully saturated rings. The zero-order chi connectivity index (χ0) is 29.0. The summed E-state index contributed by atoms with van der Waals surface area (Å²) in [6.07, 6.45) is 4.63. The van der Waals surface area contributed by atoms with Gasteiger partial charge in [0.2, 0.25) is 0 Å². The van der Waals surface area contributed by atoms with Crippen molar-refractivity contribution in [2.45, 2.75) is 63.0 Å². The molecule has 3 aromatic rings. The van der Waals surface area contributed by atoms with Gasteiger partial charge in [-0.3, -0.25) is 0 Å². The monoisotopic (exact) mass is 579 g/mol. The van der Waals surface area contributed by atoms with Crippen molar-refractivity contribution in [1.82, 2.24) is 0 Å². The quantitative estimate of drug-likeness (QED) is 0.249. The number of hydrogen-bond donors (Lipinski definition) is 1. The lowest BCUT2D eigenvalue weighted by Crippen LogP contribution is -2.53. The number of hydrogen-bond acceptors (Lipinski definition) is 5. The molecule has 1 unspecified atom stereocenters. The molecule has 0 aliphatic heterocycles. The van der Waals surface area contributed by atoms with Crippen LogP contribution in [-0.2, 0) is 32.7 Å². The van der Waals surface area contributed by atoms with E-state index in [0.29, 0.717) is 42.9 Å². The molecule has 41 heavy (non-hydrogen) atoms. The lowest BCUT2D eigenvalue weighted by molar-refractivity contribution is -0.148. The van der Waals surface area contributed by atoms with Gasteiger partial charge in [-0.25, -0.2) is 9.18 Å². The third kappa shape index (κ3) is 6.24. The highest BCUT2D eigenvalue weighted by Crippen LogP contribution is 2.56. The number of nitrogens with one attached hydrogen (secondary N) is 1. The summed E-state index contributed by atoms with van der Waals surface area (Å²) in [5, 5.41) is 4.09. The summed E-state index contributed by atoms with van der Waals surface area (Å²) < 4.78 is 31.0. The molecule has 1 saturated carbocycles. The van der Waals surface area contributed by atoms with E-state index in [2.05, 4.69) is 12.2 Å². The number of ether oxygens (including phenoxy) is 3. The fourth-order valence-corrected chi connectivity index (χ4v) is 7.27. The van der Waals surface area contributed by atoms with Crippen molar-refractivity contribution >= 4 is 23.3 Å². The SMILES string of the molecule is COC(=O)C1(Nc2cccc(Cl)c2)CCC2(CC1)c1ccc(F)cc1CC2C[C@@H](C)COCc1ccc(OC)cc1. The van der Waals surface area contributed by atoms with Crippen LogP contribution in [0.5, 0.6) is 5.75 Å². The van der Waals surface area contributed by atoms with Gasteiger partial charge in [-0.1, -0.05) is 42.8 Å². The first kappa shape index (κ1) is 29.4. The van der Waals surface area contributed by atoms with Crippen molar-refractivity contribution in [3.63, 3.8) is 0 Å². The van der Waals surface area contributed by atoms with Crippen molar-refractivity contribution in [3.05, 3.63) is 94.3 Å². The van der Waals surface area contributed by atoms with E-state index in [-0.39, 0.29) is 17.2 Å². The van der Waals surface area contributed by atoms with Gasteiger partial charge in [0.1, 0.15) is 17.1 Å². The maximum atomic E-state index is 14.3. The second kappa shape index (κ2) is 12.4. The summed E-state index contributed by atoms with van der Waals surface area (Å²) in [7, 11) is 3.10. The number of carbonyl (C=O) groups excluding carboxylic acids is 1. The summed E-state index contributed by atoms with van der Waals surface area (Å²) >= 11 is 6.24. The van der Waals surface area contributed by atoms with Crippen molar-refractivity contribution in [2.24, 2.45) is 11.8 Å². The van der Waals surface area contributed by atoms with Gasteiger partial charge in [-0.05, 0) is 115 Å². The molecule has 1 N–H and O–H groups in total. The van der Waals surface area contributed by atoms with Gasteiger partial charge in [0.15, 0.2) is 0 Å². The van der Waals surface area contributed by atoms with Gasteiger partial charge in [0, 0.05) is 17.3 Å². The molecule has 1 spiro atoms. The molecule has 2 aliphatic rings. The predicted octanol–water partition coefficient (Wildman–Crippen LogP) is 7.74. The van der Waals surface area contributed by atoms with Gasteiger partial charge in [-0.2, -0.15) is 0 Å². The van der Waals surface area contributed by atoms with Gasteiger partial charge in [-0.15, -0.1) is 0 Å². The lowest BCUT2D eigenvalue weighted by Gasteiger charge is -2.47. The Morgan fingerprint density at radius 3 is 2.49 bits per heavy atom. The van der Waals surface area contributed by atoms with E-state index in [1.165, 1.54) is 12.7 Å². The Labute approximate surface area is 247 Å². The lowest BCUT2D eigenvalue weighted by atomic mass is 9.59. The second-order valence-corrected chi connectivity index (χ2v) is 12.2. The highest BCUT2D eigenvalue weighted by Gasteiger charge is 2.54. The normalized spacial score (nSPS) is 24.1. The molecule has 2 aliphatic carbocycles. The zero-order valence-corrected chi connectivity index (χ0v) is 24.8. The van der Waals surface area contributed by atoms with E-state index < -0.39 is 5.54 Å². The molecule has 5 rings (SSSR count). The van der Waals surface area contributed by atoms with Crippen LogP contribution < -0.4 is 10.1 Å². The minimum atomic E-state index is -0.842.